The van der Waals surface area contributed by atoms with Gasteiger partial charge in [0.05, 0.1) is 22.6 Å². The monoisotopic (exact) mass is 523 g/mol. The number of thiazole rings is 1. The van der Waals surface area contributed by atoms with Crippen LogP contribution in [0.2, 0.25) is 0 Å². The van der Waals surface area contributed by atoms with Crippen molar-refractivity contribution in [1.29, 1.82) is 0 Å². The Morgan fingerprint density at radius 1 is 1.17 bits per heavy atom. The van der Waals surface area contributed by atoms with Gasteiger partial charge in [-0.15, -0.1) is 22.7 Å². The summed E-state index contributed by atoms with van der Waals surface area (Å²) in [6.45, 7) is 9.73. The number of fused-ring (bicyclic) bond motifs is 3. The minimum Gasteiger partial charge on any atom is -0.375 e. The molecule has 1 aromatic carbocycles. The maximum atomic E-state index is 5.69. The van der Waals surface area contributed by atoms with Gasteiger partial charge in [0.15, 0.2) is 5.13 Å². The number of aromatic nitrogens is 1. The van der Waals surface area contributed by atoms with Crippen molar-refractivity contribution in [3.05, 3.63) is 51.3 Å². The molecular weight excluding hydrogens is 486 g/mol. The summed E-state index contributed by atoms with van der Waals surface area (Å²) >= 11 is 3.46. The van der Waals surface area contributed by atoms with E-state index in [0.717, 1.165) is 67.9 Å². The third-order valence-electron chi connectivity index (χ3n) is 6.92. The number of nitrogens with two attached hydrogens (primary N) is 1. The van der Waals surface area contributed by atoms with Crippen LogP contribution >= 0.6 is 22.7 Å². The number of nitrogen functional groups attached to an aromatic ring is 1. The number of anilines is 3. The topological polar surface area (TPSA) is 81.8 Å². The molecule has 0 bridgehead atoms. The van der Waals surface area contributed by atoms with Gasteiger partial charge in [-0.1, -0.05) is 19.1 Å². The van der Waals surface area contributed by atoms with Crippen molar-refractivity contribution in [1.82, 2.24) is 20.1 Å². The standard InChI is InChI=1S/C17H20N4S.C10H17N3S/c1-12-11-13-16(21-9-7-20(2)8-10-21)18-14-5-3-4-6-15(14)19-17(13)22-12;1-2-5-12-7-3-4-8-9(6-7)14-10(11)13-8/h3-6,11,19H,7-10H2,1-2H3;7,12H,2-6H2,1H3,(H2,11,13)/t;7-/m.0/s1. The highest BCUT2D eigenvalue weighted by atomic mass is 32.1. The highest BCUT2D eigenvalue weighted by Gasteiger charge is 2.25. The van der Waals surface area contributed by atoms with Gasteiger partial charge in [0.1, 0.15) is 10.8 Å². The fraction of sp³-hybridized carbons (Fsp3) is 0.481. The molecule has 4 N–H and O–H groups in total. The number of amidine groups is 1. The molecule has 1 atom stereocenters. The van der Waals surface area contributed by atoms with Gasteiger partial charge in [-0.2, -0.15) is 0 Å². The number of nitrogens with zero attached hydrogens (tertiary/aromatic N) is 4. The van der Waals surface area contributed by atoms with Crippen molar-refractivity contribution < 1.29 is 0 Å². The maximum Gasteiger partial charge on any atom is 0.180 e. The number of nitrogens with one attached hydrogen (secondary N) is 2. The third-order valence-corrected chi connectivity index (χ3v) is 8.83. The molecule has 3 aromatic rings. The zero-order chi connectivity index (χ0) is 25.1. The lowest BCUT2D eigenvalue weighted by Crippen LogP contribution is -2.47. The van der Waals surface area contributed by atoms with Gasteiger partial charge in [-0.05, 0) is 64.4 Å². The number of rotatable bonds is 3. The molecule has 0 spiro atoms. The number of hydrogen-bond acceptors (Lipinski definition) is 9. The molecule has 4 heterocycles. The van der Waals surface area contributed by atoms with Gasteiger partial charge in [0.25, 0.3) is 0 Å². The second-order valence-corrected chi connectivity index (χ2v) is 12.2. The number of para-hydroxylation sites is 2. The molecule has 0 radical (unpaired) electrons. The summed E-state index contributed by atoms with van der Waals surface area (Å²) in [5.74, 6) is 1.12. The van der Waals surface area contributed by atoms with Gasteiger partial charge < -0.3 is 26.2 Å². The Hall–Kier alpha value is -2.46. The predicted octanol–water partition coefficient (Wildman–Crippen LogP) is 5.02. The first kappa shape index (κ1) is 25.2. The van der Waals surface area contributed by atoms with E-state index >= 15 is 0 Å². The van der Waals surface area contributed by atoms with Crippen LogP contribution in [-0.4, -0.2) is 66.4 Å². The van der Waals surface area contributed by atoms with Crippen LogP contribution in [0.3, 0.4) is 0 Å². The lowest BCUT2D eigenvalue weighted by Gasteiger charge is -2.34. The van der Waals surface area contributed by atoms with Crippen molar-refractivity contribution in [2.75, 3.05) is 50.8 Å². The molecule has 0 saturated carbocycles. The molecule has 6 rings (SSSR count). The Balaban J connectivity index is 0.000000165. The highest BCUT2D eigenvalue weighted by Crippen LogP contribution is 2.39. The van der Waals surface area contributed by atoms with E-state index in [2.05, 4.69) is 76.6 Å². The molecule has 192 valence electrons. The summed E-state index contributed by atoms with van der Waals surface area (Å²) in [5, 5.41) is 9.06. The molecule has 36 heavy (non-hydrogen) atoms. The van der Waals surface area contributed by atoms with Crippen LogP contribution in [0.25, 0.3) is 0 Å². The van der Waals surface area contributed by atoms with Crippen molar-refractivity contribution >= 4 is 50.0 Å². The molecule has 1 fully saturated rings. The van der Waals surface area contributed by atoms with Gasteiger partial charge in [-0.25, -0.2) is 9.98 Å². The SMILES string of the molecule is CCCN[C@H]1CCc2nc(N)sc2C1.Cc1cc2c(s1)Nc1ccccc1N=C2N1CCN(C)CC1. The molecular formula is C27H37N7S2. The van der Waals surface area contributed by atoms with E-state index < -0.39 is 0 Å². The predicted molar refractivity (Wildman–Crippen MR) is 155 cm³/mol. The molecule has 7 nitrogen and oxygen atoms in total. The van der Waals surface area contributed by atoms with Crippen molar-refractivity contribution in [3.63, 3.8) is 0 Å². The first-order valence-electron chi connectivity index (χ1n) is 13.0. The Morgan fingerprint density at radius 3 is 2.78 bits per heavy atom. The van der Waals surface area contributed by atoms with Gasteiger partial charge in [0.2, 0.25) is 0 Å². The molecule has 2 aliphatic heterocycles. The number of benzene rings is 1. The van der Waals surface area contributed by atoms with Crippen LogP contribution in [0.15, 0.2) is 35.3 Å². The summed E-state index contributed by atoms with van der Waals surface area (Å²) in [6, 6.07) is 11.2. The fourth-order valence-electron chi connectivity index (χ4n) is 4.92. The number of likely N-dealkylation sites (N-methyl/N-ethyl adjacent to an activating group) is 1. The van der Waals surface area contributed by atoms with Crippen LogP contribution in [0.5, 0.6) is 0 Å². The van der Waals surface area contributed by atoms with Crippen LogP contribution in [-0.2, 0) is 12.8 Å². The summed E-state index contributed by atoms with van der Waals surface area (Å²) in [5.41, 5.74) is 10.3. The van der Waals surface area contributed by atoms with E-state index in [1.54, 1.807) is 22.7 Å². The van der Waals surface area contributed by atoms with Crippen LogP contribution in [0.1, 0.15) is 40.8 Å². The zero-order valence-electron chi connectivity index (χ0n) is 21.5. The zero-order valence-corrected chi connectivity index (χ0v) is 23.1. The molecule has 0 amide bonds. The van der Waals surface area contributed by atoms with Crippen LogP contribution < -0.4 is 16.4 Å². The van der Waals surface area contributed by atoms with Gasteiger partial charge in [-0.3, -0.25) is 0 Å². The maximum absolute atomic E-state index is 5.69. The normalized spacial score (nSPS) is 19.1. The second-order valence-electron chi connectivity index (χ2n) is 9.78. The number of aliphatic imine (C=N–C) groups is 1. The number of hydrogen-bond donors (Lipinski definition) is 3. The molecule has 9 heteroatoms. The Labute approximate surface area is 222 Å². The minimum atomic E-state index is 0.641. The van der Waals surface area contributed by atoms with Crippen LogP contribution in [0.4, 0.5) is 21.5 Å². The lowest BCUT2D eigenvalue weighted by molar-refractivity contribution is 0.216. The Kier molecular flexibility index (Phi) is 7.90. The van der Waals surface area contributed by atoms with Crippen LogP contribution in [0, 0.1) is 6.92 Å². The van der Waals surface area contributed by atoms with E-state index in [0.29, 0.717) is 6.04 Å². The van der Waals surface area contributed by atoms with E-state index in [9.17, 15) is 0 Å². The summed E-state index contributed by atoms with van der Waals surface area (Å²) < 4.78 is 0. The first-order chi connectivity index (χ1) is 17.5. The third kappa shape index (κ3) is 5.75. The number of thiophene rings is 1. The molecule has 1 saturated heterocycles. The van der Waals surface area contributed by atoms with E-state index in [1.165, 1.54) is 38.9 Å². The number of aryl methyl sites for hydroxylation is 2. The van der Waals surface area contributed by atoms with E-state index in [1.807, 2.05) is 0 Å². The molecule has 2 aromatic heterocycles. The Bertz CT molecular complexity index is 1210. The second kappa shape index (κ2) is 11.3. The van der Waals surface area contributed by atoms with E-state index in [-0.39, 0.29) is 0 Å². The van der Waals surface area contributed by atoms with Crippen molar-refractivity contribution in [2.45, 2.75) is 45.6 Å². The average molecular weight is 524 g/mol. The smallest absolute Gasteiger partial charge is 0.180 e. The Morgan fingerprint density at radius 2 is 1.97 bits per heavy atom. The van der Waals surface area contributed by atoms with Gasteiger partial charge in [0, 0.05) is 42.0 Å². The van der Waals surface area contributed by atoms with Crippen molar-refractivity contribution in [3.8, 4) is 0 Å². The number of piperazine rings is 1. The molecule has 0 unspecified atom stereocenters. The summed E-state index contributed by atoms with van der Waals surface area (Å²) in [6.07, 6.45) is 4.61. The molecule has 3 aliphatic rings. The largest absolute Gasteiger partial charge is 0.375 e. The summed E-state index contributed by atoms with van der Waals surface area (Å²) in [7, 11) is 2.18. The first-order valence-corrected chi connectivity index (χ1v) is 14.6. The summed E-state index contributed by atoms with van der Waals surface area (Å²) in [4.78, 5) is 16.9. The van der Waals surface area contributed by atoms with Gasteiger partial charge >= 0.3 is 0 Å². The molecule has 1 aliphatic carbocycles. The minimum absolute atomic E-state index is 0.641. The quantitative estimate of drug-likeness (QED) is 0.447. The lowest BCUT2D eigenvalue weighted by atomic mass is 9.98. The van der Waals surface area contributed by atoms with E-state index in [4.69, 9.17) is 10.7 Å². The average Bonchev–Trinajstić information content (AvgIpc) is 3.39. The van der Waals surface area contributed by atoms with Crippen molar-refractivity contribution in [2.24, 2.45) is 4.99 Å². The highest BCUT2D eigenvalue weighted by molar-refractivity contribution is 7.16. The fourth-order valence-corrected chi connectivity index (χ4v) is 6.80.